The quantitative estimate of drug-likeness (QED) is 0.261. The molecular formula is C20H39IN6O3. The van der Waals surface area contributed by atoms with Crippen molar-refractivity contribution in [3.8, 4) is 0 Å². The minimum Gasteiger partial charge on any atom is -0.379 e. The van der Waals surface area contributed by atoms with Gasteiger partial charge in [-0.3, -0.25) is 14.5 Å². The third kappa shape index (κ3) is 8.18. The fraction of sp³-hybridized carbons (Fsp3) is 0.850. The summed E-state index contributed by atoms with van der Waals surface area (Å²) in [5.41, 5.74) is -0.387. The van der Waals surface area contributed by atoms with E-state index in [1.807, 2.05) is 14.1 Å². The summed E-state index contributed by atoms with van der Waals surface area (Å²) in [7, 11) is 7.07. The monoisotopic (exact) mass is 538 g/mol. The molecule has 2 aliphatic rings. The van der Waals surface area contributed by atoms with E-state index in [4.69, 9.17) is 4.74 Å². The highest BCUT2D eigenvalue weighted by Crippen LogP contribution is 2.38. The lowest BCUT2D eigenvalue weighted by Crippen LogP contribution is -2.50. The van der Waals surface area contributed by atoms with Gasteiger partial charge in [0.25, 0.3) is 0 Å². The summed E-state index contributed by atoms with van der Waals surface area (Å²) in [5, 5.41) is 6.68. The molecule has 0 aromatic rings. The van der Waals surface area contributed by atoms with Crippen LogP contribution in [-0.2, 0) is 14.3 Å². The molecule has 1 saturated heterocycles. The summed E-state index contributed by atoms with van der Waals surface area (Å²) in [6, 6.07) is 0. The van der Waals surface area contributed by atoms with Crippen LogP contribution in [0, 0.1) is 5.41 Å². The highest BCUT2D eigenvalue weighted by atomic mass is 127. The number of carbonyl (C=O) groups excluding carboxylic acids is 2. The summed E-state index contributed by atoms with van der Waals surface area (Å²) in [5.74, 6) is 0.699. The Morgan fingerprint density at radius 3 is 2.23 bits per heavy atom. The number of aliphatic imine (C=N–C) groups is 1. The maximum Gasteiger partial charge on any atom is 0.243 e. The number of guanidine groups is 1. The summed E-state index contributed by atoms with van der Waals surface area (Å²) < 4.78 is 5.39. The van der Waals surface area contributed by atoms with Crippen molar-refractivity contribution < 1.29 is 14.3 Å². The van der Waals surface area contributed by atoms with Gasteiger partial charge in [0, 0.05) is 60.9 Å². The topological polar surface area (TPSA) is 89.5 Å². The Kier molecular flexibility index (Phi) is 11.9. The van der Waals surface area contributed by atoms with Crippen LogP contribution in [0.3, 0.4) is 0 Å². The third-order valence-corrected chi connectivity index (χ3v) is 5.71. The molecule has 9 nitrogen and oxygen atoms in total. The van der Waals surface area contributed by atoms with Crippen molar-refractivity contribution in [1.29, 1.82) is 0 Å². The number of halogens is 1. The van der Waals surface area contributed by atoms with Crippen LogP contribution in [0.2, 0.25) is 0 Å². The van der Waals surface area contributed by atoms with Crippen LogP contribution in [0.5, 0.6) is 0 Å². The van der Waals surface area contributed by atoms with E-state index in [9.17, 15) is 9.59 Å². The fourth-order valence-electron chi connectivity index (χ4n) is 3.86. The predicted octanol–water partition coefficient (Wildman–Crippen LogP) is 0.209. The molecule has 2 fully saturated rings. The van der Waals surface area contributed by atoms with Gasteiger partial charge in [-0.2, -0.15) is 0 Å². The molecular weight excluding hydrogens is 499 g/mol. The second kappa shape index (κ2) is 13.3. The minimum atomic E-state index is -0.387. The second-order valence-electron chi connectivity index (χ2n) is 8.37. The highest BCUT2D eigenvalue weighted by Gasteiger charge is 2.42. The molecule has 0 aromatic carbocycles. The van der Waals surface area contributed by atoms with Gasteiger partial charge in [-0.25, -0.2) is 4.99 Å². The van der Waals surface area contributed by atoms with Crippen LogP contribution < -0.4 is 10.6 Å². The number of rotatable bonds is 8. The van der Waals surface area contributed by atoms with Gasteiger partial charge in [0.2, 0.25) is 11.8 Å². The fourth-order valence-corrected chi connectivity index (χ4v) is 3.86. The van der Waals surface area contributed by atoms with Gasteiger partial charge in [0.05, 0.1) is 18.6 Å². The molecule has 0 unspecified atom stereocenters. The van der Waals surface area contributed by atoms with E-state index in [0.717, 1.165) is 65.1 Å². The molecule has 2 rings (SSSR count). The van der Waals surface area contributed by atoms with Crippen molar-refractivity contribution in [2.24, 2.45) is 10.4 Å². The number of morpholine rings is 1. The van der Waals surface area contributed by atoms with Gasteiger partial charge < -0.3 is 25.2 Å². The molecule has 2 amide bonds. The van der Waals surface area contributed by atoms with E-state index in [2.05, 4.69) is 20.5 Å². The Labute approximate surface area is 198 Å². The van der Waals surface area contributed by atoms with Gasteiger partial charge in [0.15, 0.2) is 5.96 Å². The van der Waals surface area contributed by atoms with Crippen LogP contribution in [0.15, 0.2) is 4.99 Å². The molecule has 174 valence electrons. The Morgan fingerprint density at radius 1 is 1.03 bits per heavy atom. The molecule has 1 saturated carbocycles. The zero-order chi connectivity index (χ0) is 21.3. The Bertz CT molecular complexity index is 573. The van der Waals surface area contributed by atoms with Gasteiger partial charge in [-0.15, -0.1) is 24.0 Å². The number of hydrogen-bond acceptors (Lipinski definition) is 5. The standard InChI is InChI=1S/C20H38N6O3.HI/c1-24(2)17(27)15-22-19(21-9-10-26-11-13-29-14-12-26)23-16-20(7-5-6-8-20)18(28)25(3)4;/h5-16H2,1-4H3,(H2,21,22,23);1H. The molecule has 0 radical (unpaired) electrons. The third-order valence-electron chi connectivity index (χ3n) is 5.71. The van der Waals surface area contributed by atoms with Gasteiger partial charge in [-0.1, -0.05) is 12.8 Å². The average molecular weight is 538 g/mol. The van der Waals surface area contributed by atoms with E-state index in [-0.39, 0.29) is 47.8 Å². The molecule has 30 heavy (non-hydrogen) atoms. The van der Waals surface area contributed by atoms with E-state index in [0.29, 0.717) is 12.5 Å². The van der Waals surface area contributed by atoms with Crippen molar-refractivity contribution in [1.82, 2.24) is 25.3 Å². The molecule has 0 bridgehead atoms. The first kappa shape index (κ1) is 26.9. The van der Waals surface area contributed by atoms with Crippen LogP contribution in [0.1, 0.15) is 25.7 Å². The van der Waals surface area contributed by atoms with Crippen molar-refractivity contribution >= 4 is 41.8 Å². The number of nitrogens with one attached hydrogen (secondary N) is 2. The molecule has 0 spiro atoms. The average Bonchev–Trinajstić information content (AvgIpc) is 3.19. The summed E-state index contributed by atoms with van der Waals surface area (Å²) in [4.78, 5) is 34.8. The second-order valence-corrected chi connectivity index (χ2v) is 8.37. The van der Waals surface area contributed by atoms with E-state index < -0.39 is 0 Å². The Morgan fingerprint density at radius 2 is 1.67 bits per heavy atom. The first-order valence-electron chi connectivity index (χ1n) is 10.6. The van der Waals surface area contributed by atoms with E-state index in [1.54, 1.807) is 19.0 Å². The largest absolute Gasteiger partial charge is 0.379 e. The van der Waals surface area contributed by atoms with Crippen molar-refractivity contribution in [3.05, 3.63) is 0 Å². The lowest BCUT2D eigenvalue weighted by Gasteiger charge is -2.31. The zero-order valence-corrected chi connectivity index (χ0v) is 21.2. The zero-order valence-electron chi connectivity index (χ0n) is 18.9. The number of amides is 2. The van der Waals surface area contributed by atoms with Crippen molar-refractivity contribution in [3.63, 3.8) is 0 Å². The molecule has 1 aliphatic carbocycles. The lowest BCUT2D eigenvalue weighted by atomic mass is 9.84. The SMILES string of the molecule is CN(C)C(=O)CN=C(NCCN1CCOCC1)NCC1(C(=O)N(C)C)CCCC1.I. The smallest absolute Gasteiger partial charge is 0.243 e. The molecule has 0 aromatic heterocycles. The number of nitrogens with zero attached hydrogens (tertiary/aromatic N) is 4. The normalized spacial score (nSPS) is 19.0. The van der Waals surface area contributed by atoms with Crippen molar-refractivity contribution in [2.75, 3.05) is 80.7 Å². The van der Waals surface area contributed by atoms with E-state index >= 15 is 0 Å². The van der Waals surface area contributed by atoms with Crippen LogP contribution >= 0.6 is 24.0 Å². The highest BCUT2D eigenvalue weighted by molar-refractivity contribution is 14.0. The number of ether oxygens (including phenoxy) is 1. The van der Waals surface area contributed by atoms with Crippen LogP contribution in [-0.4, -0.2) is 113 Å². The molecule has 1 aliphatic heterocycles. The predicted molar refractivity (Wildman–Crippen MR) is 129 cm³/mol. The molecule has 0 atom stereocenters. The Hall–Kier alpha value is -1.14. The van der Waals surface area contributed by atoms with Crippen LogP contribution in [0.4, 0.5) is 0 Å². The summed E-state index contributed by atoms with van der Waals surface area (Å²) in [6.45, 7) is 5.61. The molecule has 10 heteroatoms. The summed E-state index contributed by atoms with van der Waals surface area (Å²) in [6.07, 6.45) is 3.90. The van der Waals surface area contributed by atoms with E-state index in [1.165, 1.54) is 4.90 Å². The lowest BCUT2D eigenvalue weighted by molar-refractivity contribution is -0.138. The van der Waals surface area contributed by atoms with Crippen LogP contribution in [0.25, 0.3) is 0 Å². The number of likely N-dealkylation sites (N-methyl/N-ethyl adjacent to an activating group) is 1. The Balaban J connectivity index is 0.00000450. The number of carbonyl (C=O) groups is 2. The minimum absolute atomic E-state index is 0. The number of hydrogen-bond donors (Lipinski definition) is 2. The van der Waals surface area contributed by atoms with Crippen molar-refractivity contribution in [2.45, 2.75) is 25.7 Å². The molecule has 1 heterocycles. The van der Waals surface area contributed by atoms with Gasteiger partial charge in [0.1, 0.15) is 6.54 Å². The molecule has 2 N–H and O–H groups in total. The first-order chi connectivity index (χ1) is 13.8. The maximum absolute atomic E-state index is 12.8. The van der Waals surface area contributed by atoms with Gasteiger partial charge in [-0.05, 0) is 12.8 Å². The van der Waals surface area contributed by atoms with Gasteiger partial charge >= 0.3 is 0 Å². The first-order valence-corrected chi connectivity index (χ1v) is 10.6. The summed E-state index contributed by atoms with van der Waals surface area (Å²) >= 11 is 0. The maximum atomic E-state index is 12.8.